The molecule has 1 fully saturated rings. The number of hydrogen-bond donors (Lipinski definition) is 1. The van der Waals surface area contributed by atoms with Crippen LogP contribution in [0.1, 0.15) is 5.56 Å². The van der Waals surface area contributed by atoms with E-state index in [4.69, 9.17) is 5.26 Å². The van der Waals surface area contributed by atoms with Crippen molar-refractivity contribution >= 4 is 28.6 Å². The first-order chi connectivity index (χ1) is 10.0. The average Bonchev–Trinajstić information content (AvgIpc) is 2.54. The van der Waals surface area contributed by atoms with E-state index in [1.165, 1.54) is 16.4 Å². The van der Waals surface area contributed by atoms with Gasteiger partial charge >= 0.3 is 0 Å². The van der Waals surface area contributed by atoms with Gasteiger partial charge in [0.1, 0.15) is 6.07 Å². The summed E-state index contributed by atoms with van der Waals surface area (Å²) in [6.45, 7) is 1.13. The van der Waals surface area contributed by atoms with E-state index in [1.54, 1.807) is 17.0 Å². The summed E-state index contributed by atoms with van der Waals surface area (Å²) in [5.74, 6) is 0.0112. The Morgan fingerprint density at radius 3 is 2.43 bits per heavy atom. The highest BCUT2D eigenvalue weighted by atomic mass is 32.2. The van der Waals surface area contributed by atoms with Gasteiger partial charge in [-0.3, -0.25) is 4.79 Å². The van der Waals surface area contributed by atoms with Crippen LogP contribution in [0.4, 0.5) is 0 Å². The van der Waals surface area contributed by atoms with Gasteiger partial charge < -0.3 is 4.90 Å². The maximum atomic E-state index is 12.6. The fourth-order valence-corrected chi connectivity index (χ4v) is 3.97. The van der Waals surface area contributed by atoms with Crippen LogP contribution in [0.25, 0.3) is 0 Å². The van der Waals surface area contributed by atoms with Gasteiger partial charge in [0.05, 0.1) is 16.2 Å². The number of amides is 1. The van der Waals surface area contributed by atoms with Gasteiger partial charge in [0.15, 0.2) is 0 Å². The number of piperazine rings is 1. The molecule has 0 N–H and O–H groups in total. The van der Waals surface area contributed by atoms with E-state index < -0.39 is 10.0 Å². The van der Waals surface area contributed by atoms with Crippen molar-refractivity contribution in [2.75, 3.05) is 31.9 Å². The standard InChI is InChI=1S/C13H15N3O3S2/c14-9-11-3-1-2-4-12(11)21(18,19)16-7-5-15(6-8-16)13(17)10-20/h1-4,20H,5-8,10H2. The van der Waals surface area contributed by atoms with E-state index >= 15 is 0 Å². The van der Waals surface area contributed by atoms with E-state index in [2.05, 4.69) is 12.6 Å². The van der Waals surface area contributed by atoms with E-state index in [0.717, 1.165) is 0 Å². The van der Waals surface area contributed by atoms with Gasteiger partial charge in [-0.1, -0.05) is 12.1 Å². The predicted molar refractivity (Wildman–Crippen MR) is 80.3 cm³/mol. The fraction of sp³-hybridized carbons (Fsp3) is 0.385. The molecule has 0 radical (unpaired) electrons. The Labute approximate surface area is 129 Å². The molecule has 1 aromatic carbocycles. The fourth-order valence-electron chi connectivity index (χ4n) is 2.20. The molecule has 0 aliphatic carbocycles. The molecule has 6 nitrogen and oxygen atoms in total. The van der Waals surface area contributed by atoms with Crippen molar-refractivity contribution in [3.05, 3.63) is 29.8 Å². The van der Waals surface area contributed by atoms with Crippen molar-refractivity contribution in [1.29, 1.82) is 5.26 Å². The van der Waals surface area contributed by atoms with Crippen LogP contribution in [0, 0.1) is 11.3 Å². The quantitative estimate of drug-likeness (QED) is 0.812. The number of nitriles is 1. The van der Waals surface area contributed by atoms with Crippen molar-refractivity contribution in [2.24, 2.45) is 0 Å². The number of benzene rings is 1. The average molecular weight is 325 g/mol. The minimum Gasteiger partial charge on any atom is -0.339 e. The highest BCUT2D eigenvalue weighted by Gasteiger charge is 2.31. The zero-order valence-corrected chi connectivity index (χ0v) is 13.0. The van der Waals surface area contributed by atoms with Gasteiger partial charge in [-0.2, -0.15) is 22.2 Å². The third-order valence-electron chi connectivity index (χ3n) is 3.35. The minimum atomic E-state index is -3.71. The smallest absolute Gasteiger partial charge is 0.244 e. The third kappa shape index (κ3) is 3.20. The molecule has 2 rings (SSSR count). The van der Waals surface area contributed by atoms with Gasteiger partial charge in [0.2, 0.25) is 15.9 Å². The van der Waals surface area contributed by atoms with Crippen LogP contribution >= 0.6 is 12.6 Å². The van der Waals surface area contributed by atoms with E-state index in [-0.39, 0.29) is 35.2 Å². The maximum Gasteiger partial charge on any atom is 0.244 e. The van der Waals surface area contributed by atoms with Crippen molar-refractivity contribution < 1.29 is 13.2 Å². The largest absolute Gasteiger partial charge is 0.339 e. The Kier molecular flexibility index (Phi) is 4.88. The van der Waals surface area contributed by atoms with Gasteiger partial charge in [0, 0.05) is 26.2 Å². The lowest BCUT2D eigenvalue weighted by Crippen LogP contribution is -2.50. The summed E-state index contributed by atoms with van der Waals surface area (Å²) in [6.07, 6.45) is 0. The summed E-state index contributed by atoms with van der Waals surface area (Å²) in [7, 11) is -3.71. The first-order valence-electron chi connectivity index (χ1n) is 6.38. The zero-order valence-electron chi connectivity index (χ0n) is 11.3. The SMILES string of the molecule is N#Cc1ccccc1S(=O)(=O)N1CCN(C(=O)CS)CC1. The molecule has 0 spiro atoms. The van der Waals surface area contributed by atoms with Gasteiger partial charge in [0.25, 0.3) is 0 Å². The molecule has 1 amide bonds. The Morgan fingerprint density at radius 1 is 1.24 bits per heavy atom. The van der Waals surface area contributed by atoms with Gasteiger partial charge in [-0.15, -0.1) is 0 Å². The molecule has 1 aromatic rings. The van der Waals surface area contributed by atoms with Crippen LogP contribution < -0.4 is 0 Å². The second-order valence-corrected chi connectivity index (χ2v) is 6.77. The molecule has 1 aliphatic heterocycles. The highest BCUT2D eigenvalue weighted by molar-refractivity contribution is 7.89. The molecule has 1 heterocycles. The van der Waals surface area contributed by atoms with Crippen molar-refractivity contribution in [2.45, 2.75) is 4.90 Å². The normalized spacial score (nSPS) is 16.5. The molecule has 0 bridgehead atoms. The summed E-state index contributed by atoms with van der Waals surface area (Å²) < 4.78 is 26.4. The lowest BCUT2D eigenvalue weighted by molar-refractivity contribution is -0.129. The van der Waals surface area contributed by atoms with Crippen molar-refractivity contribution in [3.63, 3.8) is 0 Å². The number of carbonyl (C=O) groups is 1. The van der Waals surface area contributed by atoms with Crippen LogP contribution in [0.15, 0.2) is 29.2 Å². The van der Waals surface area contributed by atoms with Crippen molar-refractivity contribution in [3.8, 4) is 6.07 Å². The van der Waals surface area contributed by atoms with Crippen LogP contribution in [0.5, 0.6) is 0 Å². The van der Waals surface area contributed by atoms with E-state index in [9.17, 15) is 13.2 Å². The molecule has 1 aliphatic rings. The Bertz CT molecular complexity index is 674. The number of hydrogen-bond acceptors (Lipinski definition) is 5. The number of sulfonamides is 1. The summed E-state index contributed by atoms with van der Waals surface area (Å²) >= 11 is 3.93. The molecule has 8 heteroatoms. The van der Waals surface area contributed by atoms with Crippen LogP contribution in [-0.4, -0.2) is 55.5 Å². The topological polar surface area (TPSA) is 81.5 Å². The number of thiol groups is 1. The first-order valence-corrected chi connectivity index (χ1v) is 8.46. The lowest BCUT2D eigenvalue weighted by Gasteiger charge is -2.33. The maximum absolute atomic E-state index is 12.6. The van der Waals surface area contributed by atoms with Crippen LogP contribution in [0.3, 0.4) is 0 Å². The van der Waals surface area contributed by atoms with Crippen LogP contribution in [0.2, 0.25) is 0 Å². The summed E-state index contributed by atoms with van der Waals surface area (Å²) in [5, 5.41) is 9.03. The molecule has 112 valence electrons. The second-order valence-electron chi connectivity index (χ2n) is 4.55. The summed E-state index contributed by atoms with van der Waals surface area (Å²) in [4.78, 5) is 13.1. The summed E-state index contributed by atoms with van der Waals surface area (Å²) in [6, 6.07) is 8.02. The van der Waals surface area contributed by atoms with Gasteiger partial charge in [-0.05, 0) is 12.1 Å². The number of nitrogens with zero attached hydrogens (tertiary/aromatic N) is 3. The Balaban J connectivity index is 2.19. The molecule has 0 unspecified atom stereocenters. The summed E-state index contributed by atoms with van der Waals surface area (Å²) in [5.41, 5.74) is 0.131. The predicted octanol–water partition coefficient (Wildman–Crippen LogP) is 0.321. The zero-order chi connectivity index (χ0) is 15.5. The highest BCUT2D eigenvalue weighted by Crippen LogP contribution is 2.21. The third-order valence-corrected chi connectivity index (χ3v) is 5.58. The monoisotopic (exact) mass is 325 g/mol. The van der Waals surface area contributed by atoms with Crippen LogP contribution in [-0.2, 0) is 14.8 Å². The molecule has 0 aromatic heterocycles. The lowest BCUT2D eigenvalue weighted by atomic mass is 10.2. The molecule has 0 saturated carbocycles. The Morgan fingerprint density at radius 2 is 1.86 bits per heavy atom. The number of carbonyl (C=O) groups excluding carboxylic acids is 1. The molecular weight excluding hydrogens is 310 g/mol. The number of rotatable bonds is 3. The Hall–Kier alpha value is -1.56. The van der Waals surface area contributed by atoms with Crippen molar-refractivity contribution in [1.82, 2.24) is 9.21 Å². The molecule has 0 atom stereocenters. The molecule has 21 heavy (non-hydrogen) atoms. The second kappa shape index (κ2) is 6.47. The minimum absolute atomic E-state index is 0.0153. The molecule has 1 saturated heterocycles. The molecular formula is C13H15N3O3S2. The first kappa shape index (κ1) is 15.8. The van der Waals surface area contributed by atoms with E-state index in [1.807, 2.05) is 6.07 Å². The van der Waals surface area contributed by atoms with E-state index in [0.29, 0.717) is 13.1 Å². The van der Waals surface area contributed by atoms with Gasteiger partial charge in [-0.25, -0.2) is 8.42 Å².